The van der Waals surface area contributed by atoms with Crippen LogP contribution in [0.2, 0.25) is 0 Å². The molecule has 0 bridgehead atoms. The second-order valence-electron chi connectivity index (χ2n) is 10.1. The second-order valence-corrected chi connectivity index (χ2v) is 10.1. The first kappa shape index (κ1) is 31.5. The predicted molar refractivity (Wildman–Crippen MR) is 137 cm³/mol. The van der Waals surface area contributed by atoms with Gasteiger partial charge in [0.05, 0.1) is 26.4 Å². The highest BCUT2D eigenvalue weighted by Crippen LogP contribution is 2.31. The van der Waals surface area contributed by atoms with Crippen LogP contribution in [-0.2, 0) is 25.4 Å². The number of hydrogen-bond donors (Lipinski definition) is 2. The number of rotatable bonds is 15. The summed E-state index contributed by atoms with van der Waals surface area (Å²) in [5.41, 5.74) is 0.293. The Labute approximate surface area is 215 Å². The van der Waals surface area contributed by atoms with Crippen LogP contribution in [0.4, 0.5) is 4.79 Å². The molecule has 9 heteroatoms. The zero-order valence-corrected chi connectivity index (χ0v) is 23.1. The van der Waals surface area contributed by atoms with Crippen molar-refractivity contribution in [1.82, 2.24) is 5.32 Å². The van der Waals surface area contributed by atoms with Gasteiger partial charge in [-0.3, -0.25) is 0 Å². The Hall–Kier alpha value is -2.52. The summed E-state index contributed by atoms with van der Waals surface area (Å²) >= 11 is 0. The van der Waals surface area contributed by atoms with Crippen LogP contribution in [0, 0.1) is 11.8 Å². The van der Waals surface area contributed by atoms with Gasteiger partial charge in [-0.25, -0.2) is 9.59 Å². The molecule has 0 unspecified atom stereocenters. The molecule has 2 N–H and O–H groups in total. The molecule has 0 aromatic heterocycles. The second kappa shape index (κ2) is 15.6. The minimum Gasteiger partial charge on any atom is -0.493 e. The fraction of sp³-hybridized carbons (Fsp3) is 0.704. The van der Waals surface area contributed by atoms with Crippen LogP contribution in [0.15, 0.2) is 18.2 Å². The number of amides is 1. The molecule has 9 nitrogen and oxygen atoms in total. The zero-order chi connectivity index (χ0) is 27.3. The lowest BCUT2D eigenvalue weighted by molar-refractivity contribution is -0.154. The minimum atomic E-state index is -1.52. The van der Waals surface area contributed by atoms with Crippen molar-refractivity contribution in [3.05, 3.63) is 23.8 Å². The number of ether oxygens (including phenoxy) is 5. The number of nitrogens with one attached hydrogen (secondary N) is 1. The Morgan fingerprint density at radius 1 is 1.08 bits per heavy atom. The van der Waals surface area contributed by atoms with Crippen LogP contribution < -0.4 is 14.8 Å². The summed E-state index contributed by atoms with van der Waals surface area (Å²) < 4.78 is 26.8. The largest absolute Gasteiger partial charge is 0.493 e. The molecule has 0 saturated heterocycles. The normalized spacial score (nSPS) is 14.1. The van der Waals surface area contributed by atoms with E-state index in [0.717, 1.165) is 12.0 Å². The highest BCUT2D eigenvalue weighted by molar-refractivity contribution is 5.77. The number of aliphatic hydroxyl groups is 1. The minimum absolute atomic E-state index is 0.0174. The SMILES string of the molecule is CCOC(=O)[C@H](O)[C@H](C[C@H](Cc1ccc(OC)c(OCCCOC)c1)C(C)C)NC(=O)OC(C)(C)C. The monoisotopic (exact) mass is 511 g/mol. The first-order chi connectivity index (χ1) is 16.9. The number of carbonyl (C=O) groups is 2. The molecule has 0 aliphatic heterocycles. The maximum Gasteiger partial charge on any atom is 0.407 e. The Bertz CT molecular complexity index is 805. The van der Waals surface area contributed by atoms with Crippen molar-refractivity contribution >= 4 is 12.1 Å². The highest BCUT2D eigenvalue weighted by Gasteiger charge is 2.33. The van der Waals surface area contributed by atoms with Gasteiger partial charge < -0.3 is 34.1 Å². The first-order valence-electron chi connectivity index (χ1n) is 12.5. The van der Waals surface area contributed by atoms with Gasteiger partial charge in [-0.15, -0.1) is 0 Å². The van der Waals surface area contributed by atoms with Crippen molar-refractivity contribution in [3.8, 4) is 11.5 Å². The van der Waals surface area contributed by atoms with Gasteiger partial charge in [0.15, 0.2) is 17.6 Å². The van der Waals surface area contributed by atoms with Crippen LogP contribution in [0.1, 0.15) is 59.9 Å². The molecule has 1 aromatic rings. The lowest BCUT2D eigenvalue weighted by Gasteiger charge is -2.30. The molecular weight excluding hydrogens is 466 g/mol. The van der Waals surface area contributed by atoms with Gasteiger partial charge in [0.25, 0.3) is 0 Å². The summed E-state index contributed by atoms with van der Waals surface area (Å²) in [6.45, 7) is 12.3. The first-order valence-corrected chi connectivity index (χ1v) is 12.5. The number of methoxy groups -OCH3 is 2. The Balaban J connectivity index is 3.09. The van der Waals surface area contributed by atoms with E-state index in [-0.39, 0.29) is 18.4 Å². The number of hydrogen-bond acceptors (Lipinski definition) is 8. The molecule has 0 aliphatic rings. The van der Waals surface area contributed by atoms with Crippen molar-refractivity contribution in [3.63, 3.8) is 0 Å². The van der Waals surface area contributed by atoms with Gasteiger partial charge >= 0.3 is 12.1 Å². The van der Waals surface area contributed by atoms with Gasteiger partial charge in [-0.1, -0.05) is 19.9 Å². The summed E-state index contributed by atoms with van der Waals surface area (Å²) in [7, 11) is 3.24. The van der Waals surface area contributed by atoms with Crippen LogP contribution >= 0.6 is 0 Å². The molecule has 0 heterocycles. The van der Waals surface area contributed by atoms with E-state index in [1.807, 2.05) is 18.2 Å². The molecule has 0 spiro atoms. The highest BCUT2D eigenvalue weighted by atomic mass is 16.6. The van der Waals surface area contributed by atoms with Gasteiger partial charge in [0.2, 0.25) is 0 Å². The van der Waals surface area contributed by atoms with Crippen molar-refractivity contribution in [1.29, 1.82) is 0 Å². The van der Waals surface area contributed by atoms with E-state index < -0.39 is 29.8 Å². The summed E-state index contributed by atoms with van der Waals surface area (Å²) in [6.07, 6.45) is -0.489. The Morgan fingerprint density at radius 3 is 2.33 bits per heavy atom. The number of esters is 1. The van der Waals surface area contributed by atoms with Crippen molar-refractivity contribution < 1.29 is 38.4 Å². The maximum absolute atomic E-state index is 12.5. The van der Waals surface area contributed by atoms with Crippen molar-refractivity contribution in [2.75, 3.05) is 34.0 Å². The quantitative estimate of drug-likeness (QED) is 0.267. The smallest absolute Gasteiger partial charge is 0.407 e. The third kappa shape index (κ3) is 11.5. The fourth-order valence-corrected chi connectivity index (χ4v) is 3.68. The van der Waals surface area contributed by atoms with Gasteiger partial charge in [0, 0.05) is 20.1 Å². The van der Waals surface area contributed by atoms with E-state index in [1.54, 1.807) is 41.9 Å². The molecular formula is C27H45NO8. The summed E-state index contributed by atoms with van der Waals surface area (Å²) in [5, 5.41) is 13.4. The van der Waals surface area contributed by atoms with E-state index in [0.29, 0.717) is 37.6 Å². The molecule has 206 valence electrons. The summed E-state index contributed by atoms with van der Waals surface area (Å²) in [4.78, 5) is 24.8. The van der Waals surface area contributed by atoms with Crippen molar-refractivity contribution in [2.45, 2.75) is 78.6 Å². The molecule has 1 aromatic carbocycles. The molecule has 1 amide bonds. The number of aliphatic hydroxyl groups excluding tert-OH is 1. The maximum atomic E-state index is 12.5. The number of alkyl carbamates (subject to hydrolysis) is 1. The topological polar surface area (TPSA) is 113 Å². The van der Waals surface area contributed by atoms with E-state index in [2.05, 4.69) is 19.2 Å². The number of benzene rings is 1. The standard InChI is InChI=1S/C27H45NO8/c1-9-34-25(30)24(29)21(28-26(31)36-27(4,5)6)17-20(18(2)3)15-19-11-12-22(33-8)23(16-19)35-14-10-13-32-7/h11-12,16,18,20-21,24,29H,9-10,13-15,17H2,1-8H3,(H,28,31)/t20-,21-,24+/m0/s1. The van der Waals surface area contributed by atoms with E-state index in [1.165, 1.54) is 0 Å². The lowest BCUT2D eigenvalue weighted by Crippen LogP contribution is -2.50. The average molecular weight is 512 g/mol. The molecule has 0 aliphatic carbocycles. The summed E-state index contributed by atoms with van der Waals surface area (Å²) in [5.74, 6) is 0.708. The van der Waals surface area contributed by atoms with E-state index in [4.69, 9.17) is 23.7 Å². The molecule has 1 rings (SSSR count). The molecule has 3 atom stereocenters. The zero-order valence-electron chi connectivity index (χ0n) is 23.1. The lowest BCUT2D eigenvalue weighted by atomic mass is 9.83. The van der Waals surface area contributed by atoms with Crippen LogP contribution in [0.3, 0.4) is 0 Å². The van der Waals surface area contributed by atoms with Crippen LogP contribution in [0.5, 0.6) is 11.5 Å². The molecule has 36 heavy (non-hydrogen) atoms. The predicted octanol–water partition coefficient (Wildman–Crippen LogP) is 4.13. The average Bonchev–Trinajstić information content (AvgIpc) is 2.79. The van der Waals surface area contributed by atoms with Crippen LogP contribution in [0.25, 0.3) is 0 Å². The van der Waals surface area contributed by atoms with E-state index >= 15 is 0 Å². The Morgan fingerprint density at radius 2 is 1.78 bits per heavy atom. The summed E-state index contributed by atoms with van der Waals surface area (Å²) in [6, 6.07) is 4.89. The third-order valence-electron chi connectivity index (χ3n) is 5.59. The van der Waals surface area contributed by atoms with Gasteiger partial charge in [-0.05, 0) is 70.1 Å². The Kier molecular flexibility index (Phi) is 13.6. The van der Waals surface area contributed by atoms with Crippen LogP contribution in [-0.4, -0.2) is 69.0 Å². The fourth-order valence-electron chi connectivity index (χ4n) is 3.68. The number of carbonyl (C=O) groups excluding carboxylic acids is 2. The van der Waals surface area contributed by atoms with E-state index in [9.17, 15) is 14.7 Å². The molecule has 0 radical (unpaired) electrons. The van der Waals surface area contributed by atoms with Gasteiger partial charge in [0.1, 0.15) is 5.60 Å². The van der Waals surface area contributed by atoms with Gasteiger partial charge in [-0.2, -0.15) is 0 Å². The van der Waals surface area contributed by atoms with Crippen molar-refractivity contribution in [2.24, 2.45) is 11.8 Å². The molecule has 0 fully saturated rings. The molecule has 0 saturated carbocycles. The third-order valence-corrected chi connectivity index (χ3v) is 5.59.